The van der Waals surface area contributed by atoms with Gasteiger partial charge in [-0.1, -0.05) is 5.21 Å². The van der Waals surface area contributed by atoms with E-state index in [0.717, 1.165) is 12.2 Å². The number of imidazole rings is 1. The Morgan fingerprint density at radius 2 is 2.19 bits per heavy atom. The summed E-state index contributed by atoms with van der Waals surface area (Å²) in [6.07, 6.45) is 11.5. The first kappa shape index (κ1) is 14.3. The second kappa shape index (κ2) is 5.60. The summed E-state index contributed by atoms with van der Waals surface area (Å²) in [6.45, 7) is 7.16. The lowest BCUT2D eigenvalue weighted by Crippen LogP contribution is -2.33. The van der Waals surface area contributed by atoms with E-state index in [1.807, 2.05) is 23.4 Å². The van der Waals surface area contributed by atoms with Crippen LogP contribution in [0.3, 0.4) is 0 Å². The molecule has 0 radical (unpaired) electrons. The van der Waals surface area contributed by atoms with Crippen molar-refractivity contribution in [3.05, 3.63) is 30.6 Å². The molecule has 114 valence electrons. The van der Waals surface area contributed by atoms with Crippen molar-refractivity contribution in [2.75, 3.05) is 0 Å². The second-order valence-corrected chi connectivity index (χ2v) is 6.82. The highest BCUT2D eigenvalue weighted by Gasteiger charge is 2.28. The lowest BCUT2D eigenvalue weighted by molar-refractivity contribution is 0.346. The number of rotatable bonds is 4. The monoisotopic (exact) mass is 288 g/mol. The molecule has 3 rings (SSSR count). The normalized spacial score (nSPS) is 22.8. The molecule has 2 aromatic rings. The molecule has 1 aliphatic carbocycles. The van der Waals surface area contributed by atoms with Crippen molar-refractivity contribution < 1.29 is 0 Å². The Morgan fingerprint density at radius 3 is 2.86 bits per heavy atom. The Hall–Kier alpha value is -1.69. The van der Waals surface area contributed by atoms with Gasteiger partial charge in [-0.2, -0.15) is 0 Å². The van der Waals surface area contributed by atoms with Gasteiger partial charge in [-0.3, -0.25) is 0 Å². The minimum atomic E-state index is -0.0159. The molecule has 0 amide bonds. The minimum absolute atomic E-state index is 0.0159. The van der Waals surface area contributed by atoms with Crippen molar-refractivity contribution >= 4 is 0 Å². The summed E-state index contributed by atoms with van der Waals surface area (Å²) in [5.41, 5.74) is 0.985. The first-order valence-corrected chi connectivity index (χ1v) is 7.66. The Bertz CT molecular complexity index is 565. The third kappa shape index (κ3) is 3.15. The van der Waals surface area contributed by atoms with E-state index in [0.29, 0.717) is 12.1 Å². The number of nitrogens with one attached hydrogen (secondary N) is 1. The molecular weight excluding hydrogens is 264 g/mol. The molecule has 6 nitrogen and oxygen atoms in total. The fourth-order valence-electron chi connectivity index (χ4n) is 2.94. The van der Waals surface area contributed by atoms with Crippen LogP contribution < -0.4 is 5.32 Å². The molecule has 1 N–H and O–H groups in total. The SMILES string of the molecule is CC(C)(C)n1cc(CNC2CCCC2n2ccnc2)nn1. The van der Waals surface area contributed by atoms with Crippen molar-refractivity contribution in [1.29, 1.82) is 0 Å². The Balaban J connectivity index is 1.61. The molecule has 1 saturated carbocycles. The van der Waals surface area contributed by atoms with E-state index in [-0.39, 0.29) is 5.54 Å². The summed E-state index contributed by atoms with van der Waals surface area (Å²) in [4.78, 5) is 4.16. The van der Waals surface area contributed by atoms with Crippen LogP contribution in [-0.4, -0.2) is 30.6 Å². The molecule has 2 heterocycles. The van der Waals surface area contributed by atoms with Crippen LogP contribution in [0, 0.1) is 0 Å². The van der Waals surface area contributed by atoms with Gasteiger partial charge in [-0.25, -0.2) is 9.67 Å². The average Bonchev–Trinajstić information content (AvgIpc) is 3.16. The average molecular weight is 288 g/mol. The molecule has 21 heavy (non-hydrogen) atoms. The van der Waals surface area contributed by atoms with Crippen molar-refractivity contribution in [2.24, 2.45) is 0 Å². The number of aromatic nitrogens is 5. The Kier molecular flexibility index (Phi) is 3.80. The molecule has 0 saturated heterocycles. The predicted molar refractivity (Wildman–Crippen MR) is 80.8 cm³/mol. The first-order chi connectivity index (χ1) is 10.0. The predicted octanol–water partition coefficient (Wildman–Crippen LogP) is 2.11. The van der Waals surface area contributed by atoms with E-state index in [9.17, 15) is 0 Å². The summed E-state index contributed by atoms with van der Waals surface area (Å²) < 4.78 is 4.14. The van der Waals surface area contributed by atoms with E-state index in [1.165, 1.54) is 19.3 Å². The van der Waals surface area contributed by atoms with Gasteiger partial charge in [0.2, 0.25) is 0 Å². The fourth-order valence-corrected chi connectivity index (χ4v) is 2.94. The first-order valence-electron chi connectivity index (χ1n) is 7.66. The molecule has 0 spiro atoms. The van der Waals surface area contributed by atoms with E-state index < -0.39 is 0 Å². The van der Waals surface area contributed by atoms with Crippen molar-refractivity contribution in [1.82, 2.24) is 29.9 Å². The Labute approximate surface area is 125 Å². The Morgan fingerprint density at radius 1 is 1.33 bits per heavy atom. The second-order valence-electron chi connectivity index (χ2n) is 6.82. The highest BCUT2D eigenvalue weighted by atomic mass is 15.4. The van der Waals surface area contributed by atoms with Gasteiger partial charge in [0.05, 0.1) is 23.8 Å². The van der Waals surface area contributed by atoms with Crippen molar-refractivity contribution in [3.8, 4) is 0 Å². The quantitative estimate of drug-likeness (QED) is 0.936. The maximum absolute atomic E-state index is 4.26. The zero-order valence-electron chi connectivity index (χ0n) is 13.0. The van der Waals surface area contributed by atoms with E-state index >= 15 is 0 Å². The van der Waals surface area contributed by atoms with Gasteiger partial charge in [0.15, 0.2) is 0 Å². The van der Waals surface area contributed by atoms with Gasteiger partial charge < -0.3 is 9.88 Å². The number of hydrogen-bond acceptors (Lipinski definition) is 4. The largest absolute Gasteiger partial charge is 0.333 e. The molecule has 1 fully saturated rings. The van der Waals surface area contributed by atoms with Crippen LogP contribution in [0.5, 0.6) is 0 Å². The molecule has 2 atom stereocenters. The fraction of sp³-hybridized carbons (Fsp3) is 0.667. The van der Waals surface area contributed by atoms with Crippen LogP contribution in [0.2, 0.25) is 0 Å². The number of hydrogen-bond donors (Lipinski definition) is 1. The molecule has 6 heteroatoms. The van der Waals surface area contributed by atoms with Crippen LogP contribution in [0.1, 0.15) is 51.8 Å². The zero-order valence-corrected chi connectivity index (χ0v) is 13.0. The number of nitrogens with zero attached hydrogens (tertiary/aromatic N) is 5. The van der Waals surface area contributed by atoms with E-state index in [4.69, 9.17) is 0 Å². The maximum Gasteiger partial charge on any atom is 0.0965 e. The third-order valence-electron chi connectivity index (χ3n) is 4.16. The van der Waals surface area contributed by atoms with Crippen LogP contribution in [-0.2, 0) is 12.1 Å². The summed E-state index contributed by atoms with van der Waals surface area (Å²) >= 11 is 0. The van der Waals surface area contributed by atoms with E-state index in [2.05, 4.69) is 52.1 Å². The topological polar surface area (TPSA) is 60.6 Å². The molecule has 0 aliphatic heterocycles. The molecular formula is C15H24N6. The van der Waals surface area contributed by atoms with Gasteiger partial charge in [0.1, 0.15) is 0 Å². The molecule has 2 unspecified atom stereocenters. The minimum Gasteiger partial charge on any atom is -0.333 e. The van der Waals surface area contributed by atoms with Gasteiger partial charge >= 0.3 is 0 Å². The summed E-state index contributed by atoms with van der Waals surface area (Å²) in [7, 11) is 0. The molecule has 1 aliphatic rings. The molecule has 0 bridgehead atoms. The van der Waals surface area contributed by atoms with Crippen LogP contribution >= 0.6 is 0 Å². The summed E-state index contributed by atoms with van der Waals surface area (Å²) in [5.74, 6) is 0. The molecule has 2 aromatic heterocycles. The van der Waals surface area contributed by atoms with Crippen molar-refractivity contribution in [3.63, 3.8) is 0 Å². The lowest BCUT2D eigenvalue weighted by atomic mass is 10.1. The highest BCUT2D eigenvalue weighted by Crippen LogP contribution is 2.30. The molecule has 0 aromatic carbocycles. The third-order valence-corrected chi connectivity index (χ3v) is 4.16. The van der Waals surface area contributed by atoms with Gasteiger partial charge in [-0.05, 0) is 40.0 Å². The van der Waals surface area contributed by atoms with Crippen molar-refractivity contribution in [2.45, 2.75) is 64.2 Å². The van der Waals surface area contributed by atoms with E-state index in [1.54, 1.807) is 0 Å². The standard InChI is InChI=1S/C15H24N6/c1-15(2,3)21-10-12(18-19-21)9-17-13-5-4-6-14(13)20-8-7-16-11-20/h7-8,10-11,13-14,17H,4-6,9H2,1-3H3. The van der Waals surface area contributed by atoms with Gasteiger partial charge in [-0.15, -0.1) is 5.10 Å². The van der Waals surface area contributed by atoms with Crippen LogP contribution in [0.4, 0.5) is 0 Å². The zero-order chi connectivity index (χ0) is 14.9. The van der Waals surface area contributed by atoms with Gasteiger partial charge in [0, 0.05) is 31.0 Å². The van der Waals surface area contributed by atoms with Crippen LogP contribution in [0.15, 0.2) is 24.9 Å². The highest BCUT2D eigenvalue weighted by molar-refractivity contribution is 4.97. The lowest BCUT2D eigenvalue weighted by Gasteiger charge is -2.21. The maximum atomic E-state index is 4.26. The summed E-state index contributed by atoms with van der Waals surface area (Å²) in [6, 6.07) is 0.990. The van der Waals surface area contributed by atoms with Gasteiger partial charge in [0.25, 0.3) is 0 Å². The van der Waals surface area contributed by atoms with Crippen LogP contribution in [0.25, 0.3) is 0 Å². The smallest absolute Gasteiger partial charge is 0.0965 e. The summed E-state index contributed by atoms with van der Waals surface area (Å²) in [5, 5.41) is 12.1.